The molecular weight excluding hydrogens is 340 g/mol. The Balaban J connectivity index is 2.12. The van der Waals surface area contributed by atoms with Crippen LogP contribution in [0.4, 0.5) is 0 Å². The number of hydrogen-bond acceptors (Lipinski definition) is 10. The monoisotopic (exact) mass is 358 g/mol. The van der Waals surface area contributed by atoms with Crippen LogP contribution in [0.5, 0.6) is 5.88 Å². The number of rotatable bonds is 4. The van der Waals surface area contributed by atoms with Crippen molar-refractivity contribution in [3.05, 3.63) is 41.7 Å². The third-order valence-corrected chi connectivity index (χ3v) is 4.16. The smallest absolute Gasteiger partial charge is 0.212 e. The van der Waals surface area contributed by atoms with Gasteiger partial charge in [-0.1, -0.05) is 11.8 Å². The first-order chi connectivity index (χ1) is 12.0. The second-order valence-electron chi connectivity index (χ2n) is 5.25. The number of methoxy groups -OCH3 is 1. The van der Waals surface area contributed by atoms with E-state index in [1.165, 1.54) is 11.8 Å². The molecule has 10 heteroatoms. The van der Waals surface area contributed by atoms with Crippen molar-refractivity contribution < 1.29 is 4.74 Å². The molecule has 0 saturated heterocycles. The lowest BCUT2D eigenvalue weighted by Gasteiger charge is -2.31. The van der Waals surface area contributed by atoms with Crippen molar-refractivity contribution in [3.8, 4) is 5.88 Å². The van der Waals surface area contributed by atoms with Gasteiger partial charge >= 0.3 is 0 Å². The molecule has 0 aromatic carbocycles. The Kier molecular flexibility index (Phi) is 4.55. The van der Waals surface area contributed by atoms with Gasteiger partial charge < -0.3 is 15.8 Å². The molecule has 1 atom stereocenters. The molecule has 9 nitrogen and oxygen atoms in total. The average Bonchev–Trinajstić information content (AvgIpc) is 2.61. The lowest BCUT2D eigenvalue weighted by molar-refractivity contribution is 0.397. The Labute approximate surface area is 149 Å². The van der Waals surface area contributed by atoms with E-state index in [2.05, 4.69) is 30.2 Å². The highest BCUT2D eigenvalue weighted by Crippen LogP contribution is 2.35. The van der Waals surface area contributed by atoms with E-state index in [0.717, 1.165) is 0 Å². The number of pyridine rings is 1. The molecular formula is C15H18N8OS. The Bertz CT molecular complexity index is 851. The van der Waals surface area contributed by atoms with Crippen LogP contribution in [0.15, 0.2) is 34.7 Å². The minimum absolute atomic E-state index is 0.193. The number of hydrogen-bond donors (Lipinski definition) is 3. The molecule has 1 aliphatic rings. The van der Waals surface area contributed by atoms with E-state index in [4.69, 9.17) is 16.2 Å². The maximum absolute atomic E-state index is 6.62. The van der Waals surface area contributed by atoms with Crippen LogP contribution < -0.4 is 21.5 Å². The number of nitrogens with two attached hydrogens (primary N) is 2. The van der Waals surface area contributed by atoms with Crippen molar-refractivity contribution >= 4 is 23.3 Å². The number of aliphatic imine (C=N–C) groups is 1. The molecule has 25 heavy (non-hydrogen) atoms. The second kappa shape index (κ2) is 6.65. The molecule has 0 aliphatic carbocycles. The van der Waals surface area contributed by atoms with Crippen LogP contribution in [0.25, 0.3) is 5.57 Å². The van der Waals surface area contributed by atoms with E-state index >= 15 is 0 Å². The van der Waals surface area contributed by atoms with E-state index in [1.807, 2.05) is 6.26 Å². The number of aryl methyl sites for hydroxylation is 1. The average molecular weight is 358 g/mol. The van der Waals surface area contributed by atoms with Gasteiger partial charge in [-0.25, -0.2) is 24.9 Å². The summed E-state index contributed by atoms with van der Waals surface area (Å²) in [5.41, 5.74) is 12.4. The summed E-state index contributed by atoms with van der Waals surface area (Å²) in [6.45, 7) is 1.80. The summed E-state index contributed by atoms with van der Waals surface area (Å²) in [7, 11) is 1.55. The highest BCUT2D eigenvalue weighted by atomic mass is 32.2. The lowest BCUT2D eigenvalue weighted by atomic mass is 9.92. The van der Waals surface area contributed by atoms with Crippen LogP contribution in [-0.2, 0) is 5.66 Å². The van der Waals surface area contributed by atoms with Crippen molar-refractivity contribution in [2.75, 3.05) is 13.4 Å². The maximum atomic E-state index is 6.62. The van der Waals surface area contributed by atoms with Gasteiger partial charge in [-0.3, -0.25) is 5.73 Å². The highest BCUT2D eigenvalue weighted by molar-refractivity contribution is 7.98. The van der Waals surface area contributed by atoms with Crippen molar-refractivity contribution in [2.45, 2.75) is 17.7 Å². The Morgan fingerprint density at radius 3 is 2.68 bits per heavy atom. The van der Waals surface area contributed by atoms with E-state index < -0.39 is 5.66 Å². The van der Waals surface area contributed by atoms with Gasteiger partial charge in [0.2, 0.25) is 5.88 Å². The maximum Gasteiger partial charge on any atom is 0.212 e. The van der Waals surface area contributed by atoms with Crippen molar-refractivity contribution in [2.24, 2.45) is 16.5 Å². The fourth-order valence-corrected chi connectivity index (χ4v) is 2.79. The molecule has 0 radical (unpaired) electrons. The third-order valence-electron chi connectivity index (χ3n) is 3.61. The molecule has 3 heterocycles. The summed E-state index contributed by atoms with van der Waals surface area (Å²) in [6, 6.07) is 3.49. The molecule has 1 unspecified atom stereocenters. The number of aromatic nitrogens is 4. The highest BCUT2D eigenvalue weighted by Gasteiger charge is 2.37. The van der Waals surface area contributed by atoms with E-state index in [9.17, 15) is 0 Å². The van der Waals surface area contributed by atoms with Gasteiger partial charge in [-0.2, -0.15) is 0 Å². The summed E-state index contributed by atoms with van der Waals surface area (Å²) < 4.78 is 5.09. The first kappa shape index (κ1) is 17.1. The summed E-state index contributed by atoms with van der Waals surface area (Å²) in [4.78, 5) is 21.7. The Morgan fingerprint density at radius 1 is 1.24 bits per heavy atom. The summed E-state index contributed by atoms with van der Waals surface area (Å²) >= 11 is 1.42. The number of guanidine groups is 1. The van der Waals surface area contributed by atoms with Crippen LogP contribution in [0.2, 0.25) is 0 Å². The van der Waals surface area contributed by atoms with Crippen molar-refractivity contribution in [3.63, 3.8) is 0 Å². The summed E-state index contributed by atoms with van der Waals surface area (Å²) in [5, 5.41) is 3.47. The molecule has 130 valence electrons. The molecule has 0 amide bonds. The van der Waals surface area contributed by atoms with Crippen LogP contribution in [0.1, 0.15) is 17.2 Å². The third kappa shape index (κ3) is 3.26. The Hall–Kier alpha value is -2.72. The van der Waals surface area contributed by atoms with Gasteiger partial charge in [-0.05, 0) is 19.2 Å². The zero-order valence-corrected chi connectivity index (χ0v) is 14.8. The number of nitrogens with one attached hydrogen (secondary N) is 1. The van der Waals surface area contributed by atoms with Crippen LogP contribution >= 0.6 is 11.8 Å². The molecule has 0 bridgehead atoms. The minimum Gasteiger partial charge on any atom is -0.481 e. The molecule has 1 aliphatic heterocycles. The first-order valence-corrected chi connectivity index (χ1v) is 8.57. The topological polar surface area (TPSA) is 137 Å². The SMILES string of the molecule is COc1ccc(C2(N)N=C(N)NC=C2c2nc(C)nc(SC)n2)cn1. The van der Waals surface area contributed by atoms with Crippen LogP contribution in [0.3, 0.4) is 0 Å². The van der Waals surface area contributed by atoms with Gasteiger partial charge in [0.25, 0.3) is 0 Å². The minimum atomic E-state index is -1.28. The number of nitrogens with zero attached hydrogens (tertiary/aromatic N) is 5. The predicted molar refractivity (Wildman–Crippen MR) is 95.7 cm³/mol. The van der Waals surface area contributed by atoms with Crippen LogP contribution in [-0.4, -0.2) is 39.3 Å². The van der Waals surface area contributed by atoms with Gasteiger partial charge in [-0.15, -0.1) is 0 Å². The summed E-state index contributed by atoms with van der Waals surface area (Å²) in [5.74, 6) is 1.69. The molecule has 5 N–H and O–H groups in total. The zero-order valence-electron chi connectivity index (χ0n) is 14.0. The fourth-order valence-electron chi connectivity index (χ4n) is 2.39. The van der Waals surface area contributed by atoms with Crippen LogP contribution in [0, 0.1) is 6.92 Å². The Morgan fingerprint density at radius 2 is 2.04 bits per heavy atom. The number of thioether (sulfide) groups is 1. The van der Waals surface area contributed by atoms with Crippen molar-refractivity contribution in [1.29, 1.82) is 0 Å². The molecule has 0 fully saturated rings. The zero-order chi connectivity index (χ0) is 18.0. The first-order valence-electron chi connectivity index (χ1n) is 7.35. The number of ether oxygens (including phenoxy) is 1. The van der Waals surface area contributed by atoms with E-state index in [1.54, 1.807) is 38.6 Å². The fraction of sp³-hybridized carbons (Fsp3) is 0.267. The molecule has 0 spiro atoms. The van der Waals surface area contributed by atoms with Gasteiger partial charge in [0.05, 0.1) is 12.7 Å². The summed E-state index contributed by atoms with van der Waals surface area (Å²) in [6.07, 6.45) is 5.15. The largest absolute Gasteiger partial charge is 0.481 e. The normalized spacial score (nSPS) is 19.7. The van der Waals surface area contributed by atoms with Gasteiger partial charge in [0.15, 0.2) is 22.6 Å². The second-order valence-corrected chi connectivity index (χ2v) is 6.02. The van der Waals surface area contributed by atoms with Gasteiger partial charge in [0, 0.05) is 24.0 Å². The molecule has 2 aromatic rings. The quantitative estimate of drug-likeness (QED) is 0.662. The van der Waals surface area contributed by atoms with Crippen molar-refractivity contribution in [1.82, 2.24) is 25.3 Å². The standard InChI is InChI=1S/C15H18N8OS/c1-8-20-12(22-14(21-8)25-3)10-7-19-13(16)23-15(10,17)9-4-5-11(24-2)18-6-9/h4-7H,17H2,1-3H3,(H3,16,19,23). The predicted octanol–water partition coefficient (Wildman–Crippen LogP) is 0.376. The molecule has 2 aromatic heterocycles. The molecule has 3 rings (SSSR count). The molecule has 0 saturated carbocycles. The lowest BCUT2D eigenvalue weighted by Crippen LogP contribution is -2.45. The van der Waals surface area contributed by atoms with Gasteiger partial charge in [0.1, 0.15) is 5.82 Å². The van der Waals surface area contributed by atoms with E-state index in [0.29, 0.717) is 33.8 Å². The van der Waals surface area contributed by atoms with E-state index in [-0.39, 0.29) is 5.96 Å².